The van der Waals surface area contributed by atoms with Crippen molar-refractivity contribution in [3.05, 3.63) is 11.5 Å². The molecule has 0 aromatic carbocycles. The van der Waals surface area contributed by atoms with Gasteiger partial charge >= 0.3 is 0 Å². The molecule has 0 radical (unpaired) electrons. The van der Waals surface area contributed by atoms with E-state index in [0.717, 1.165) is 11.5 Å². The molecule has 0 unspecified atom stereocenters. The first kappa shape index (κ1) is 14.8. The molecule has 80 valence electrons. The number of hydrogen-bond donors (Lipinski definition) is 0. The Kier molecular flexibility index (Phi) is 12.9. The summed E-state index contributed by atoms with van der Waals surface area (Å²) < 4.78 is 10.3. The van der Waals surface area contributed by atoms with Crippen LogP contribution in [0.2, 0.25) is 0 Å². The first-order chi connectivity index (χ1) is 6.22. The molecule has 2 nitrogen and oxygen atoms in total. The molecule has 0 fully saturated rings. The van der Waals surface area contributed by atoms with Crippen LogP contribution < -0.4 is 0 Å². The largest absolute Gasteiger partial charge is 0.491 e. The predicted molar refractivity (Wildman–Crippen MR) is 57.6 cm³/mol. The summed E-state index contributed by atoms with van der Waals surface area (Å²) >= 11 is 0. The van der Waals surface area contributed by atoms with Gasteiger partial charge in [-0.15, -0.1) is 0 Å². The minimum atomic E-state index is 0.698. The number of allylic oxidation sites excluding steroid dienone is 2. The maximum atomic E-state index is 5.14. The fourth-order valence-electron chi connectivity index (χ4n) is 0.593. The Morgan fingerprint density at radius 2 is 1.15 bits per heavy atom. The summed E-state index contributed by atoms with van der Waals surface area (Å²) in [7, 11) is 0. The average Bonchev–Trinajstić information content (AvgIpc) is 2.15. The maximum absolute atomic E-state index is 5.14. The Morgan fingerprint density at radius 1 is 0.923 bits per heavy atom. The molecule has 0 amide bonds. The fourth-order valence-corrected chi connectivity index (χ4v) is 0.593. The SMILES string of the molecule is CC.CC1=C(C)OCCO1.CCC. The number of ether oxygens (including phenoxy) is 2. The molecule has 0 bridgehead atoms. The van der Waals surface area contributed by atoms with Crippen LogP contribution in [0.4, 0.5) is 0 Å². The van der Waals surface area contributed by atoms with Crippen molar-refractivity contribution in [3.63, 3.8) is 0 Å². The van der Waals surface area contributed by atoms with Gasteiger partial charge in [-0.1, -0.05) is 34.1 Å². The highest BCUT2D eigenvalue weighted by molar-refractivity contribution is 4.96. The molecule has 0 atom stereocenters. The van der Waals surface area contributed by atoms with Gasteiger partial charge in [0.05, 0.1) is 0 Å². The molecule has 0 spiro atoms. The Hall–Kier alpha value is -0.660. The lowest BCUT2D eigenvalue weighted by atomic mass is 10.4. The van der Waals surface area contributed by atoms with Gasteiger partial charge in [0.1, 0.15) is 24.7 Å². The average molecular weight is 188 g/mol. The summed E-state index contributed by atoms with van der Waals surface area (Å²) in [5.74, 6) is 1.83. The van der Waals surface area contributed by atoms with Crippen LogP contribution >= 0.6 is 0 Å². The quantitative estimate of drug-likeness (QED) is 0.576. The summed E-state index contributed by atoms with van der Waals surface area (Å²) in [4.78, 5) is 0. The second-order valence-electron chi connectivity index (χ2n) is 2.52. The van der Waals surface area contributed by atoms with E-state index in [-0.39, 0.29) is 0 Å². The summed E-state index contributed by atoms with van der Waals surface area (Å²) in [5.41, 5.74) is 0. The molecule has 2 heteroatoms. The lowest BCUT2D eigenvalue weighted by molar-refractivity contribution is 0.0648. The lowest BCUT2D eigenvalue weighted by Gasteiger charge is -2.16. The van der Waals surface area contributed by atoms with Crippen LogP contribution in [0.5, 0.6) is 0 Å². The Morgan fingerprint density at radius 3 is 1.31 bits per heavy atom. The normalized spacial score (nSPS) is 14.0. The van der Waals surface area contributed by atoms with Crippen LogP contribution in [-0.4, -0.2) is 13.2 Å². The van der Waals surface area contributed by atoms with Crippen molar-refractivity contribution in [1.82, 2.24) is 0 Å². The van der Waals surface area contributed by atoms with E-state index in [1.165, 1.54) is 6.42 Å². The van der Waals surface area contributed by atoms with Crippen LogP contribution in [-0.2, 0) is 9.47 Å². The smallest absolute Gasteiger partial charge is 0.130 e. The molecule has 0 aliphatic carbocycles. The summed E-state index contributed by atoms with van der Waals surface area (Å²) in [5, 5.41) is 0. The molecule has 1 aliphatic heterocycles. The Labute approximate surface area is 82.9 Å². The minimum absolute atomic E-state index is 0.698. The standard InChI is InChI=1S/C6H10O2.C3H8.C2H6/c1-5-6(2)8-4-3-7-5;1-3-2;1-2/h3-4H2,1-2H3;3H2,1-2H3;1-2H3. The van der Waals surface area contributed by atoms with Gasteiger partial charge in [-0.2, -0.15) is 0 Å². The van der Waals surface area contributed by atoms with Crippen molar-refractivity contribution in [2.75, 3.05) is 13.2 Å². The van der Waals surface area contributed by atoms with E-state index < -0.39 is 0 Å². The molecule has 0 N–H and O–H groups in total. The zero-order chi connectivity index (χ0) is 10.7. The molecule has 0 saturated heterocycles. The van der Waals surface area contributed by atoms with Crippen LogP contribution in [0, 0.1) is 0 Å². The summed E-state index contributed by atoms with van der Waals surface area (Å²) in [6.07, 6.45) is 1.25. The van der Waals surface area contributed by atoms with Crippen molar-refractivity contribution in [3.8, 4) is 0 Å². The van der Waals surface area contributed by atoms with Crippen LogP contribution in [0.3, 0.4) is 0 Å². The second kappa shape index (κ2) is 11.3. The van der Waals surface area contributed by atoms with E-state index in [4.69, 9.17) is 9.47 Å². The van der Waals surface area contributed by atoms with Gasteiger partial charge in [0, 0.05) is 0 Å². The Balaban J connectivity index is 0. The van der Waals surface area contributed by atoms with Gasteiger partial charge in [0.15, 0.2) is 0 Å². The van der Waals surface area contributed by atoms with Crippen molar-refractivity contribution in [1.29, 1.82) is 0 Å². The third-order valence-corrected chi connectivity index (χ3v) is 1.22. The molecule has 1 heterocycles. The molecular formula is C11H24O2. The van der Waals surface area contributed by atoms with Crippen LogP contribution in [0.25, 0.3) is 0 Å². The van der Waals surface area contributed by atoms with Gasteiger partial charge in [-0.05, 0) is 13.8 Å². The summed E-state index contributed by atoms with van der Waals surface area (Å²) in [6.45, 7) is 13.5. The zero-order valence-electron chi connectivity index (χ0n) is 9.94. The van der Waals surface area contributed by atoms with Crippen molar-refractivity contribution in [2.45, 2.75) is 48.0 Å². The van der Waals surface area contributed by atoms with Gasteiger partial charge in [0.2, 0.25) is 0 Å². The third kappa shape index (κ3) is 9.25. The number of rotatable bonds is 0. The van der Waals surface area contributed by atoms with E-state index in [2.05, 4.69) is 13.8 Å². The van der Waals surface area contributed by atoms with E-state index >= 15 is 0 Å². The first-order valence-electron chi connectivity index (χ1n) is 5.15. The molecule has 0 aromatic heterocycles. The Bertz CT molecular complexity index is 114. The highest BCUT2D eigenvalue weighted by Gasteiger charge is 2.04. The van der Waals surface area contributed by atoms with Crippen molar-refractivity contribution < 1.29 is 9.47 Å². The van der Waals surface area contributed by atoms with Gasteiger partial charge in [-0.25, -0.2) is 0 Å². The highest BCUT2D eigenvalue weighted by atomic mass is 16.6. The maximum Gasteiger partial charge on any atom is 0.130 e. The lowest BCUT2D eigenvalue weighted by Crippen LogP contribution is -2.10. The molecule has 13 heavy (non-hydrogen) atoms. The predicted octanol–water partition coefficient (Wildman–Crippen LogP) is 3.73. The first-order valence-corrected chi connectivity index (χ1v) is 5.15. The molecule has 1 rings (SSSR count). The molecule has 0 saturated carbocycles. The molecule has 0 aromatic rings. The van der Waals surface area contributed by atoms with Gasteiger partial charge in [-0.3, -0.25) is 0 Å². The molecule has 1 aliphatic rings. The van der Waals surface area contributed by atoms with Gasteiger partial charge < -0.3 is 9.47 Å². The van der Waals surface area contributed by atoms with E-state index in [1.807, 2.05) is 27.7 Å². The molecular weight excluding hydrogens is 164 g/mol. The second-order valence-corrected chi connectivity index (χ2v) is 2.52. The monoisotopic (exact) mass is 188 g/mol. The van der Waals surface area contributed by atoms with Crippen LogP contribution in [0.15, 0.2) is 11.5 Å². The van der Waals surface area contributed by atoms with E-state index in [1.54, 1.807) is 0 Å². The van der Waals surface area contributed by atoms with E-state index in [0.29, 0.717) is 13.2 Å². The fraction of sp³-hybridized carbons (Fsp3) is 0.818. The minimum Gasteiger partial charge on any atom is -0.491 e. The van der Waals surface area contributed by atoms with Gasteiger partial charge in [0.25, 0.3) is 0 Å². The topological polar surface area (TPSA) is 18.5 Å². The van der Waals surface area contributed by atoms with E-state index in [9.17, 15) is 0 Å². The summed E-state index contributed by atoms with van der Waals surface area (Å²) in [6, 6.07) is 0. The highest BCUT2D eigenvalue weighted by Crippen LogP contribution is 2.10. The zero-order valence-corrected chi connectivity index (χ0v) is 9.94. The van der Waals surface area contributed by atoms with Crippen molar-refractivity contribution in [2.24, 2.45) is 0 Å². The van der Waals surface area contributed by atoms with Crippen LogP contribution in [0.1, 0.15) is 48.0 Å². The number of hydrogen-bond acceptors (Lipinski definition) is 2. The third-order valence-electron chi connectivity index (χ3n) is 1.22. The van der Waals surface area contributed by atoms with Crippen molar-refractivity contribution >= 4 is 0 Å².